The van der Waals surface area contributed by atoms with Crippen molar-refractivity contribution in [2.45, 2.75) is 33.1 Å². The van der Waals surface area contributed by atoms with Crippen LogP contribution in [-0.2, 0) is 11.2 Å². The van der Waals surface area contributed by atoms with E-state index < -0.39 is 0 Å². The molecular formula is C15H21N3O. The second-order valence-corrected chi connectivity index (χ2v) is 4.93. The van der Waals surface area contributed by atoms with Crippen LogP contribution in [0.2, 0.25) is 0 Å². The molecule has 102 valence electrons. The van der Waals surface area contributed by atoms with Gasteiger partial charge in [-0.15, -0.1) is 0 Å². The number of aromatic nitrogens is 2. The maximum absolute atomic E-state index is 11.8. The van der Waals surface area contributed by atoms with Gasteiger partial charge in [0.15, 0.2) is 0 Å². The van der Waals surface area contributed by atoms with Crippen molar-refractivity contribution >= 4 is 16.9 Å². The summed E-state index contributed by atoms with van der Waals surface area (Å²) in [5.41, 5.74) is 2.02. The van der Waals surface area contributed by atoms with Crippen LogP contribution in [0.1, 0.15) is 32.5 Å². The Bertz CT molecular complexity index is 514. The van der Waals surface area contributed by atoms with E-state index in [0.29, 0.717) is 6.54 Å². The molecule has 0 aliphatic heterocycles. The number of carbonyl (C=O) groups is 1. The number of hydrogen-bond acceptors (Lipinski definition) is 2. The van der Waals surface area contributed by atoms with Crippen LogP contribution in [0.5, 0.6) is 0 Å². The third-order valence-corrected chi connectivity index (χ3v) is 3.27. The van der Waals surface area contributed by atoms with Gasteiger partial charge in [-0.25, -0.2) is 4.98 Å². The van der Waals surface area contributed by atoms with Crippen LogP contribution in [-0.4, -0.2) is 22.4 Å². The lowest BCUT2D eigenvalue weighted by molar-refractivity contribution is -0.124. The summed E-state index contributed by atoms with van der Waals surface area (Å²) in [5, 5.41) is 2.96. The normalized spacial score (nSPS) is 12.5. The van der Waals surface area contributed by atoms with E-state index >= 15 is 0 Å². The molecule has 0 saturated heterocycles. The van der Waals surface area contributed by atoms with E-state index in [9.17, 15) is 4.79 Å². The van der Waals surface area contributed by atoms with Gasteiger partial charge >= 0.3 is 0 Å². The summed E-state index contributed by atoms with van der Waals surface area (Å²) >= 11 is 0. The van der Waals surface area contributed by atoms with Gasteiger partial charge in [0.25, 0.3) is 0 Å². The summed E-state index contributed by atoms with van der Waals surface area (Å²) in [6.45, 7) is 4.70. The van der Waals surface area contributed by atoms with Gasteiger partial charge in [-0.05, 0) is 18.6 Å². The molecule has 1 aromatic heterocycles. The average Bonchev–Trinajstić information content (AvgIpc) is 2.81. The zero-order valence-electron chi connectivity index (χ0n) is 11.6. The first-order chi connectivity index (χ1) is 9.20. The molecule has 1 aromatic carbocycles. The Morgan fingerprint density at radius 1 is 1.42 bits per heavy atom. The molecule has 0 bridgehead atoms. The third-order valence-electron chi connectivity index (χ3n) is 3.27. The molecule has 1 amide bonds. The van der Waals surface area contributed by atoms with E-state index in [1.54, 1.807) is 0 Å². The highest BCUT2D eigenvalue weighted by Gasteiger charge is 2.11. The zero-order chi connectivity index (χ0) is 13.7. The fourth-order valence-electron chi connectivity index (χ4n) is 2.17. The number of rotatable bonds is 6. The Morgan fingerprint density at radius 3 is 2.95 bits per heavy atom. The van der Waals surface area contributed by atoms with Crippen LogP contribution in [0.25, 0.3) is 11.0 Å². The molecular weight excluding hydrogens is 238 g/mol. The molecule has 2 N–H and O–H groups in total. The number of amides is 1. The number of carbonyl (C=O) groups excluding carboxylic acids is 1. The first kappa shape index (κ1) is 13.6. The van der Waals surface area contributed by atoms with Gasteiger partial charge in [0.05, 0.1) is 11.0 Å². The van der Waals surface area contributed by atoms with E-state index in [1.807, 2.05) is 31.2 Å². The second-order valence-electron chi connectivity index (χ2n) is 4.93. The summed E-state index contributed by atoms with van der Waals surface area (Å²) in [6.07, 6.45) is 2.72. The van der Waals surface area contributed by atoms with Crippen LogP contribution >= 0.6 is 0 Å². The summed E-state index contributed by atoms with van der Waals surface area (Å²) in [5.74, 6) is 1.16. The minimum atomic E-state index is 0.0978. The van der Waals surface area contributed by atoms with Gasteiger partial charge in [0.1, 0.15) is 5.82 Å². The smallest absolute Gasteiger partial charge is 0.222 e. The van der Waals surface area contributed by atoms with Crippen molar-refractivity contribution in [3.63, 3.8) is 0 Å². The molecule has 1 unspecified atom stereocenters. The quantitative estimate of drug-likeness (QED) is 0.838. The molecule has 0 spiro atoms. The molecule has 0 aliphatic carbocycles. The summed E-state index contributed by atoms with van der Waals surface area (Å²) in [4.78, 5) is 19.5. The van der Waals surface area contributed by atoms with Gasteiger partial charge in [0.2, 0.25) is 5.91 Å². The maximum atomic E-state index is 11.8. The lowest BCUT2D eigenvalue weighted by atomic mass is 10.1. The number of fused-ring (bicyclic) bond motifs is 1. The van der Waals surface area contributed by atoms with Crippen molar-refractivity contribution in [1.29, 1.82) is 0 Å². The van der Waals surface area contributed by atoms with Gasteiger partial charge in [-0.3, -0.25) is 4.79 Å². The number of imidazole rings is 1. The van der Waals surface area contributed by atoms with Crippen molar-refractivity contribution in [3.8, 4) is 0 Å². The molecule has 0 fully saturated rings. The highest BCUT2D eigenvalue weighted by molar-refractivity contribution is 5.78. The molecule has 0 aliphatic rings. The Morgan fingerprint density at radius 2 is 2.21 bits per heavy atom. The predicted molar refractivity (Wildman–Crippen MR) is 76.9 cm³/mol. The minimum absolute atomic E-state index is 0.0978. The molecule has 0 radical (unpaired) electrons. The standard InChI is InChI=1S/C15H21N3O/c1-3-6-11(2)15(19)16-10-9-14-17-12-7-4-5-8-13(12)18-14/h4-5,7-8,11H,3,6,9-10H2,1-2H3,(H,16,19)(H,17,18). The van der Waals surface area contributed by atoms with E-state index in [2.05, 4.69) is 22.2 Å². The van der Waals surface area contributed by atoms with Crippen LogP contribution in [0.4, 0.5) is 0 Å². The van der Waals surface area contributed by atoms with Gasteiger partial charge in [-0.2, -0.15) is 0 Å². The highest BCUT2D eigenvalue weighted by atomic mass is 16.1. The summed E-state index contributed by atoms with van der Waals surface area (Å²) in [6, 6.07) is 7.95. The van der Waals surface area contributed by atoms with Crippen molar-refractivity contribution in [3.05, 3.63) is 30.1 Å². The topological polar surface area (TPSA) is 57.8 Å². The summed E-state index contributed by atoms with van der Waals surface area (Å²) in [7, 11) is 0. The molecule has 2 aromatic rings. The fourth-order valence-corrected chi connectivity index (χ4v) is 2.17. The number of para-hydroxylation sites is 2. The van der Waals surface area contributed by atoms with E-state index in [0.717, 1.165) is 36.1 Å². The fraction of sp³-hybridized carbons (Fsp3) is 0.467. The molecule has 19 heavy (non-hydrogen) atoms. The maximum Gasteiger partial charge on any atom is 0.222 e. The van der Waals surface area contributed by atoms with Crippen LogP contribution in [0.15, 0.2) is 24.3 Å². The summed E-state index contributed by atoms with van der Waals surface area (Å²) < 4.78 is 0. The molecule has 1 heterocycles. The molecule has 1 atom stereocenters. The molecule has 2 rings (SSSR count). The van der Waals surface area contributed by atoms with E-state index in [-0.39, 0.29) is 11.8 Å². The number of aromatic amines is 1. The first-order valence-electron chi connectivity index (χ1n) is 6.92. The minimum Gasteiger partial charge on any atom is -0.355 e. The third kappa shape index (κ3) is 3.56. The first-order valence-corrected chi connectivity index (χ1v) is 6.92. The lowest BCUT2D eigenvalue weighted by Gasteiger charge is -2.10. The van der Waals surface area contributed by atoms with Crippen molar-refractivity contribution < 1.29 is 4.79 Å². The number of nitrogens with zero attached hydrogens (tertiary/aromatic N) is 1. The van der Waals surface area contributed by atoms with E-state index in [4.69, 9.17) is 0 Å². The Labute approximate surface area is 113 Å². The Balaban J connectivity index is 1.84. The number of hydrogen-bond donors (Lipinski definition) is 2. The Hall–Kier alpha value is -1.84. The van der Waals surface area contributed by atoms with Crippen LogP contribution in [0, 0.1) is 5.92 Å². The number of H-pyrrole nitrogens is 1. The van der Waals surface area contributed by atoms with Gasteiger partial charge in [-0.1, -0.05) is 32.4 Å². The lowest BCUT2D eigenvalue weighted by Crippen LogP contribution is -2.30. The monoisotopic (exact) mass is 259 g/mol. The van der Waals surface area contributed by atoms with Crippen molar-refractivity contribution in [2.24, 2.45) is 5.92 Å². The van der Waals surface area contributed by atoms with Crippen molar-refractivity contribution in [2.75, 3.05) is 6.54 Å². The SMILES string of the molecule is CCCC(C)C(=O)NCCc1nc2ccccc2[nH]1. The van der Waals surface area contributed by atoms with Gasteiger partial charge < -0.3 is 10.3 Å². The largest absolute Gasteiger partial charge is 0.355 e. The molecule has 0 saturated carbocycles. The molecule has 4 heteroatoms. The highest BCUT2D eigenvalue weighted by Crippen LogP contribution is 2.10. The Kier molecular flexibility index (Phi) is 4.55. The number of nitrogens with one attached hydrogen (secondary N) is 2. The average molecular weight is 259 g/mol. The van der Waals surface area contributed by atoms with Crippen molar-refractivity contribution in [1.82, 2.24) is 15.3 Å². The predicted octanol–water partition coefficient (Wildman–Crippen LogP) is 2.66. The van der Waals surface area contributed by atoms with Crippen LogP contribution in [0.3, 0.4) is 0 Å². The van der Waals surface area contributed by atoms with Crippen LogP contribution < -0.4 is 5.32 Å². The zero-order valence-corrected chi connectivity index (χ0v) is 11.6. The molecule has 4 nitrogen and oxygen atoms in total. The number of benzene rings is 1. The van der Waals surface area contributed by atoms with Gasteiger partial charge in [0, 0.05) is 18.9 Å². The second kappa shape index (κ2) is 6.36. The van der Waals surface area contributed by atoms with E-state index in [1.165, 1.54) is 0 Å².